The normalized spacial score (nSPS) is 16.5. The van der Waals surface area contributed by atoms with Gasteiger partial charge in [-0.15, -0.1) is 0 Å². The van der Waals surface area contributed by atoms with E-state index in [-0.39, 0.29) is 34.9 Å². The maximum Gasteiger partial charge on any atom is 0.268 e. The molecule has 7 nitrogen and oxygen atoms in total. The largest absolute Gasteiger partial charge is 0.403 e. The van der Waals surface area contributed by atoms with E-state index in [0.717, 1.165) is 31.5 Å². The van der Waals surface area contributed by atoms with Crippen LogP contribution in [0.2, 0.25) is 0 Å². The Balaban J connectivity index is 1.86. The van der Waals surface area contributed by atoms with Crippen molar-refractivity contribution in [3.63, 3.8) is 0 Å². The number of allylic oxidation sites excluding steroid dienone is 1. The number of carbonyl (C=O) groups excluding carboxylic acids is 2. The number of rotatable bonds is 7. The van der Waals surface area contributed by atoms with E-state index in [9.17, 15) is 14.0 Å². The van der Waals surface area contributed by atoms with Gasteiger partial charge in [-0.05, 0) is 55.8 Å². The number of nitrogens with one attached hydrogen (secondary N) is 3. The van der Waals surface area contributed by atoms with Crippen molar-refractivity contribution in [2.24, 2.45) is 5.73 Å². The molecule has 1 atom stereocenters. The smallest absolute Gasteiger partial charge is 0.268 e. The number of nitrogens with two attached hydrogens (primary N) is 1. The first kappa shape index (κ1) is 24.5. The summed E-state index contributed by atoms with van der Waals surface area (Å²) in [5.74, 6) is -1.02. The maximum atomic E-state index is 13.4. The van der Waals surface area contributed by atoms with Crippen molar-refractivity contribution >= 4 is 35.7 Å². The van der Waals surface area contributed by atoms with Crippen LogP contribution >= 0.6 is 11.6 Å². The molecular formula is C24H29ClFN5O2. The van der Waals surface area contributed by atoms with Crippen molar-refractivity contribution in [1.29, 1.82) is 0 Å². The molecular weight excluding hydrogens is 445 g/mol. The number of hydrogen-bond acceptors (Lipinski definition) is 4. The van der Waals surface area contributed by atoms with Crippen molar-refractivity contribution in [2.45, 2.75) is 31.3 Å². The average Bonchev–Trinajstić information content (AvgIpc) is 3.22. The van der Waals surface area contributed by atoms with E-state index < -0.39 is 11.9 Å². The number of benzene rings is 1. The lowest BCUT2D eigenvalue weighted by Crippen LogP contribution is -2.53. The average molecular weight is 474 g/mol. The number of halogens is 2. The number of likely N-dealkylation sites (N-methyl/N-ethyl adjacent to an activating group) is 1. The first-order chi connectivity index (χ1) is 15.8. The molecule has 2 heterocycles. The quantitative estimate of drug-likeness (QED) is 0.480. The molecule has 2 amide bonds. The van der Waals surface area contributed by atoms with Crippen molar-refractivity contribution in [3.05, 3.63) is 69.6 Å². The second-order valence-electron chi connectivity index (χ2n) is 8.10. The topological polar surface area (TPSA) is 103 Å². The Morgan fingerprint density at radius 3 is 2.61 bits per heavy atom. The summed E-state index contributed by atoms with van der Waals surface area (Å²) < 4.78 is 13.4. The molecule has 1 saturated heterocycles. The first-order valence-corrected chi connectivity index (χ1v) is 11.2. The zero-order valence-electron chi connectivity index (χ0n) is 18.5. The van der Waals surface area contributed by atoms with E-state index in [0.29, 0.717) is 10.6 Å². The molecule has 1 fully saturated rings. The van der Waals surface area contributed by atoms with E-state index >= 15 is 0 Å². The predicted octanol–water partition coefficient (Wildman–Crippen LogP) is 0.935. The molecule has 0 aliphatic carbocycles. The Kier molecular flexibility index (Phi) is 8.30. The van der Waals surface area contributed by atoms with Gasteiger partial charge in [0.05, 0.1) is 5.35 Å². The van der Waals surface area contributed by atoms with E-state index in [1.54, 1.807) is 36.2 Å². The highest BCUT2D eigenvalue weighted by Crippen LogP contribution is 2.14. The van der Waals surface area contributed by atoms with Crippen LogP contribution in [0.25, 0.3) is 12.3 Å². The summed E-state index contributed by atoms with van der Waals surface area (Å²) >= 11 is 5.87. The molecule has 3 rings (SSSR count). The minimum absolute atomic E-state index is 0.0891. The van der Waals surface area contributed by atoms with Crippen LogP contribution in [0.1, 0.15) is 28.9 Å². The summed E-state index contributed by atoms with van der Waals surface area (Å²) in [6.07, 6.45) is 4.82. The second-order valence-corrected chi connectivity index (χ2v) is 8.58. The zero-order chi connectivity index (χ0) is 24.0. The fourth-order valence-electron chi connectivity index (χ4n) is 3.95. The summed E-state index contributed by atoms with van der Waals surface area (Å²) in [7, 11) is 1.76. The third kappa shape index (κ3) is 6.46. The molecule has 1 aliphatic rings. The van der Waals surface area contributed by atoms with E-state index in [1.165, 1.54) is 18.3 Å². The van der Waals surface area contributed by atoms with Crippen LogP contribution < -0.4 is 26.9 Å². The summed E-state index contributed by atoms with van der Waals surface area (Å²) in [6, 6.07) is 6.76. The van der Waals surface area contributed by atoms with Gasteiger partial charge in [-0.2, -0.15) is 0 Å². The van der Waals surface area contributed by atoms with Crippen LogP contribution in [-0.4, -0.2) is 53.9 Å². The van der Waals surface area contributed by atoms with Crippen LogP contribution in [0, 0.1) is 5.82 Å². The Hall–Kier alpha value is -3.10. The molecule has 33 heavy (non-hydrogen) atoms. The number of amides is 2. The molecule has 0 spiro atoms. The molecule has 0 unspecified atom stereocenters. The van der Waals surface area contributed by atoms with Gasteiger partial charge in [0.25, 0.3) is 5.91 Å². The van der Waals surface area contributed by atoms with E-state index in [2.05, 4.69) is 22.2 Å². The molecule has 5 N–H and O–H groups in total. The highest BCUT2D eigenvalue weighted by Gasteiger charge is 2.29. The Morgan fingerprint density at radius 1 is 1.33 bits per heavy atom. The van der Waals surface area contributed by atoms with Crippen LogP contribution in [0.15, 0.2) is 41.9 Å². The SMILES string of the molecule is C=C(Cl)/C=c1/cc(C(=O)N[C@@H](Cc2ccc(F)cc2)C(=O)N(C)C2CCNCC2)[nH]/c1=C/N. The molecule has 1 aromatic carbocycles. The number of carbonyl (C=O) groups is 2. The number of aromatic nitrogens is 1. The Morgan fingerprint density at radius 2 is 2.00 bits per heavy atom. The molecule has 0 bridgehead atoms. The lowest BCUT2D eigenvalue weighted by atomic mass is 10.0. The predicted molar refractivity (Wildman–Crippen MR) is 128 cm³/mol. The van der Waals surface area contributed by atoms with Crippen LogP contribution in [0.3, 0.4) is 0 Å². The van der Waals surface area contributed by atoms with Gasteiger partial charge in [0.2, 0.25) is 5.91 Å². The van der Waals surface area contributed by atoms with Gasteiger partial charge >= 0.3 is 0 Å². The van der Waals surface area contributed by atoms with Crippen molar-refractivity contribution in [3.8, 4) is 0 Å². The summed E-state index contributed by atoms with van der Waals surface area (Å²) in [4.78, 5) is 31.1. The molecule has 176 valence electrons. The Labute approximate surface area is 197 Å². The number of piperidine rings is 1. The van der Waals surface area contributed by atoms with Gasteiger partial charge in [-0.25, -0.2) is 4.39 Å². The van der Waals surface area contributed by atoms with Crippen LogP contribution in [0.5, 0.6) is 0 Å². The minimum atomic E-state index is -0.827. The standard InChI is InChI=1S/C24H29ClFN5O2/c1-15(25)11-17-13-20(29-22(17)14-27)23(32)30-21(12-16-3-5-18(26)6-4-16)24(33)31(2)19-7-9-28-10-8-19/h3-6,11,13-14,19,21,28-29H,1,7-10,12,27H2,2H3,(H,30,32)/b17-11-,22-14+/t21-/m0/s1. The monoisotopic (exact) mass is 473 g/mol. The van der Waals surface area contributed by atoms with E-state index in [1.807, 2.05) is 0 Å². The van der Waals surface area contributed by atoms with Gasteiger partial charge in [0.15, 0.2) is 0 Å². The van der Waals surface area contributed by atoms with Crippen LogP contribution in [-0.2, 0) is 11.2 Å². The van der Waals surface area contributed by atoms with Gasteiger partial charge in [0, 0.05) is 36.0 Å². The Bertz CT molecular complexity index is 1120. The number of nitrogens with zero attached hydrogens (tertiary/aromatic N) is 1. The molecule has 0 saturated carbocycles. The molecule has 2 aromatic rings. The fourth-order valence-corrected chi connectivity index (χ4v) is 4.06. The van der Waals surface area contributed by atoms with Crippen molar-refractivity contribution < 1.29 is 14.0 Å². The molecule has 9 heteroatoms. The van der Waals surface area contributed by atoms with Crippen LogP contribution in [0.4, 0.5) is 4.39 Å². The fraction of sp³-hybridized carbons (Fsp3) is 0.333. The number of aromatic amines is 1. The molecule has 1 aromatic heterocycles. The third-order valence-corrected chi connectivity index (χ3v) is 5.87. The summed E-state index contributed by atoms with van der Waals surface area (Å²) in [6.45, 7) is 5.30. The first-order valence-electron chi connectivity index (χ1n) is 10.8. The van der Waals surface area contributed by atoms with Gasteiger partial charge in [-0.1, -0.05) is 30.3 Å². The minimum Gasteiger partial charge on any atom is -0.403 e. The lowest BCUT2D eigenvalue weighted by molar-refractivity contribution is -0.134. The van der Waals surface area contributed by atoms with Crippen molar-refractivity contribution in [2.75, 3.05) is 20.1 Å². The van der Waals surface area contributed by atoms with E-state index in [4.69, 9.17) is 17.3 Å². The van der Waals surface area contributed by atoms with Crippen molar-refractivity contribution in [1.82, 2.24) is 20.5 Å². The van der Waals surface area contributed by atoms with Gasteiger partial charge < -0.3 is 26.3 Å². The highest BCUT2D eigenvalue weighted by molar-refractivity contribution is 6.33. The third-order valence-electron chi connectivity index (χ3n) is 5.76. The number of hydrogen-bond donors (Lipinski definition) is 4. The van der Waals surface area contributed by atoms with Gasteiger partial charge in [0.1, 0.15) is 17.6 Å². The molecule has 1 aliphatic heterocycles. The highest BCUT2D eigenvalue weighted by atomic mass is 35.5. The van der Waals surface area contributed by atoms with Gasteiger partial charge in [-0.3, -0.25) is 9.59 Å². The zero-order valence-corrected chi connectivity index (χ0v) is 19.3. The lowest BCUT2D eigenvalue weighted by Gasteiger charge is -2.34. The number of H-pyrrole nitrogens is 1. The second kappa shape index (κ2) is 11.2. The molecule has 0 radical (unpaired) electrons. The summed E-state index contributed by atoms with van der Waals surface area (Å²) in [5, 5.41) is 7.53. The summed E-state index contributed by atoms with van der Waals surface area (Å²) in [5.41, 5.74) is 6.62. The maximum absolute atomic E-state index is 13.4.